The van der Waals surface area contributed by atoms with Crippen LogP contribution in [0, 0.1) is 10.1 Å². The summed E-state index contributed by atoms with van der Waals surface area (Å²) in [5.74, 6) is -0.605. The second-order valence-corrected chi connectivity index (χ2v) is 3.38. The van der Waals surface area contributed by atoms with E-state index in [4.69, 9.17) is 0 Å². The Labute approximate surface area is 97.8 Å². The number of nitro groups is 1. The first kappa shape index (κ1) is 10.6. The zero-order valence-corrected chi connectivity index (χ0v) is 9.35. The van der Waals surface area contributed by atoms with Crippen LogP contribution in [0.3, 0.4) is 0 Å². The van der Waals surface area contributed by atoms with Gasteiger partial charge in [-0.25, -0.2) is 4.79 Å². The van der Waals surface area contributed by atoms with Crippen molar-refractivity contribution >= 4 is 38.8 Å². The minimum Gasteiger partial charge on any atom is -0.380 e. The van der Waals surface area contributed by atoms with Gasteiger partial charge in [-0.15, -0.1) is 0 Å². The van der Waals surface area contributed by atoms with Crippen molar-refractivity contribution in [3.63, 3.8) is 0 Å². The van der Waals surface area contributed by atoms with Gasteiger partial charge in [-0.05, 0) is 6.07 Å². The second-order valence-electron chi connectivity index (χ2n) is 3.05. The number of benzene rings is 1. The van der Waals surface area contributed by atoms with E-state index >= 15 is 0 Å². The molecule has 82 valence electrons. The summed E-state index contributed by atoms with van der Waals surface area (Å²) in [4.78, 5) is 24.2. The van der Waals surface area contributed by atoms with E-state index in [1.54, 1.807) is 6.07 Å². The van der Waals surface area contributed by atoms with Crippen LogP contribution in [0.5, 0.6) is 0 Å². The molecule has 7 heteroatoms. The Hall–Kier alpha value is -1.89. The summed E-state index contributed by atoms with van der Waals surface area (Å²) in [6.45, 7) is 0. The third-order valence-corrected chi connectivity index (χ3v) is 2.46. The van der Waals surface area contributed by atoms with Crippen molar-refractivity contribution in [3.8, 4) is 0 Å². The van der Waals surface area contributed by atoms with Crippen molar-refractivity contribution in [3.05, 3.63) is 40.1 Å². The van der Waals surface area contributed by atoms with Gasteiger partial charge in [0.15, 0.2) is 16.3 Å². The van der Waals surface area contributed by atoms with E-state index in [9.17, 15) is 14.9 Å². The largest absolute Gasteiger partial charge is 0.380 e. The van der Waals surface area contributed by atoms with E-state index in [-0.39, 0.29) is 11.3 Å². The highest BCUT2D eigenvalue weighted by Crippen LogP contribution is 2.24. The number of carbonyl (C=O) groups excluding carboxylic acids is 1. The molecule has 0 amide bonds. The fourth-order valence-corrected chi connectivity index (χ4v) is 1.61. The van der Waals surface area contributed by atoms with E-state index < -0.39 is 10.9 Å². The summed E-state index contributed by atoms with van der Waals surface area (Å²) < 4.78 is 4.39. The maximum Gasteiger partial charge on any atom is 0.351 e. The number of non-ortho nitro benzene ring substituents is 1. The number of aromatic amines is 1. The first-order chi connectivity index (χ1) is 7.63. The van der Waals surface area contributed by atoms with Gasteiger partial charge in [0, 0.05) is 29.2 Å². The summed E-state index contributed by atoms with van der Waals surface area (Å²) in [6.07, 6.45) is 1.44. The first-order valence-corrected chi connectivity index (χ1v) is 4.86. The maximum atomic E-state index is 11.3. The number of hydrogen-bond donors (Lipinski definition) is 1. The third-order valence-electron chi connectivity index (χ3n) is 2.17. The third kappa shape index (κ3) is 1.65. The van der Waals surface area contributed by atoms with Gasteiger partial charge in [0.05, 0.1) is 10.5 Å². The SMILES string of the molecule is O=C(OBr)c1c[nH]c2ccc([N+](=O)[O-])cc12. The number of carbonyl (C=O) groups is 1. The molecule has 0 saturated carbocycles. The van der Waals surface area contributed by atoms with Crippen molar-refractivity contribution in [2.75, 3.05) is 0 Å². The molecule has 1 N–H and O–H groups in total. The van der Waals surface area contributed by atoms with E-state index in [0.717, 1.165) is 0 Å². The Kier molecular flexibility index (Phi) is 2.61. The number of nitro benzene ring substituents is 1. The number of halogens is 1. The van der Waals surface area contributed by atoms with Crippen molar-refractivity contribution in [1.29, 1.82) is 0 Å². The fraction of sp³-hybridized carbons (Fsp3) is 0. The smallest absolute Gasteiger partial charge is 0.351 e. The Bertz CT molecular complexity index is 578. The molecule has 0 saturated heterocycles. The topological polar surface area (TPSA) is 85.2 Å². The van der Waals surface area contributed by atoms with Crippen molar-refractivity contribution in [2.24, 2.45) is 0 Å². The maximum absolute atomic E-state index is 11.3. The van der Waals surface area contributed by atoms with Gasteiger partial charge in [0.25, 0.3) is 5.69 Å². The van der Waals surface area contributed by atoms with Crippen LogP contribution < -0.4 is 0 Å². The van der Waals surface area contributed by atoms with Crippen LogP contribution in [0.4, 0.5) is 5.69 Å². The lowest BCUT2D eigenvalue weighted by Gasteiger charge is -1.95. The van der Waals surface area contributed by atoms with Gasteiger partial charge in [0.2, 0.25) is 0 Å². The highest BCUT2D eigenvalue weighted by Gasteiger charge is 2.15. The molecule has 1 aromatic heterocycles. The van der Waals surface area contributed by atoms with Crippen LogP contribution in [0.15, 0.2) is 24.4 Å². The molecule has 6 nitrogen and oxygen atoms in total. The van der Waals surface area contributed by atoms with E-state index in [1.807, 2.05) is 0 Å². The van der Waals surface area contributed by atoms with E-state index in [1.165, 1.54) is 18.3 Å². The van der Waals surface area contributed by atoms with E-state index in [2.05, 4.69) is 25.1 Å². The normalized spacial score (nSPS) is 10.3. The van der Waals surface area contributed by atoms with Crippen molar-refractivity contribution < 1.29 is 13.5 Å². The summed E-state index contributed by atoms with van der Waals surface area (Å²) in [5, 5.41) is 11.0. The minimum absolute atomic E-state index is 0.0734. The molecule has 0 spiro atoms. The molecule has 0 bridgehead atoms. The number of aromatic nitrogens is 1. The average Bonchev–Trinajstić information content (AvgIpc) is 2.70. The summed E-state index contributed by atoms with van der Waals surface area (Å²) in [7, 11) is 0. The lowest BCUT2D eigenvalue weighted by molar-refractivity contribution is -0.384. The molecule has 0 aliphatic heterocycles. The highest BCUT2D eigenvalue weighted by molar-refractivity contribution is 9.06. The van der Waals surface area contributed by atoms with Crippen molar-refractivity contribution in [2.45, 2.75) is 0 Å². The van der Waals surface area contributed by atoms with Gasteiger partial charge in [-0.3, -0.25) is 10.1 Å². The average molecular weight is 285 g/mol. The number of hydrogen-bond acceptors (Lipinski definition) is 4. The Balaban J connectivity index is 2.64. The zero-order chi connectivity index (χ0) is 11.7. The van der Waals surface area contributed by atoms with Crippen molar-refractivity contribution in [1.82, 2.24) is 4.98 Å². The van der Waals surface area contributed by atoms with Gasteiger partial charge >= 0.3 is 5.97 Å². The molecule has 1 heterocycles. The molecule has 2 rings (SSSR count). The summed E-state index contributed by atoms with van der Waals surface area (Å²) >= 11 is 2.57. The first-order valence-electron chi connectivity index (χ1n) is 4.22. The van der Waals surface area contributed by atoms with Gasteiger partial charge in [-0.1, -0.05) is 0 Å². The molecule has 0 aliphatic rings. The lowest BCUT2D eigenvalue weighted by Crippen LogP contribution is -1.96. The predicted molar refractivity (Wildman–Crippen MR) is 59.3 cm³/mol. The fourth-order valence-electron chi connectivity index (χ4n) is 1.43. The predicted octanol–water partition coefficient (Wildman–Crippen LogP) is 2.54. The van der Waals surface area contributed by atoms with E-state index in [0.29, 0.717) is 10.9 Å². The number of fused-ring (bicyclic) bond motifs is 1. The van der Waals surface area contributed by atoms with Gasteiger partial charge in [-0.2, -0.15) is 0 Å². The Morgan fingerprint density at radius 1 is 1.50 bits per heavy atom. The number of rotatable bonds is 2. The monoisotopic (exact) mass is 284 g/mol. The molecule has 0 atom stereocenters. The van der Waals surface area contributed by atoms with Crippen LogP contribution in [-0.4, -0.2) is 15.9 Å². The molecular weight excluding hydrogens is 280 g/mol. The standard InChI is InChI=1S/C9H5BrN2O4/c10-16-9(13)7-4-11-8-2-1-5(12(14)15)3-6(7)8/h1-4,11H. The number of nitrogens with one attached hydrogen (secondary N) is 1. The summed E-state index contributed by atoms with van der Waals surface area (Å²) in [5.41, 5.74) is 0.810. The summed E-state index contributed by atoms with van der Waals surface area (Å²) in [6, 6.07) is 4.23. The zero-order valence-electron chi connectivity index (χ0n) is 7.77. The highest BCUT2D eigenvalue weighted by atomic mass is 79.9. The molecule has 0 aliphatic carbocycles. The Morgan fingerprint density at radius 2 is 2.25 bits per heavy atom. The van der Waals surface area contributed by atoms with Gasteiger partial charge < -0.3 is 8.81 Å². The van der Waals surface area contributed by atoms with Crippen LogP contribution in [-0.2, 0) is 3.83 Å². The quantitative estimate of drug-likeness (QED) is 0.678. The van der Waals surface area contributed by atoms with Crippen LogP contribution in [0.2, 0.25) is 0 Å². The van der Waals surface area contributed by atoms with Crippen LogP contribution >= 0.6 is 16.3 Å². The molecule has 1 aromatic carbocycles. The molecular formula is C9H5BrN2O4. The number of H-pyrrole nitrogens is 1. The Morgan fingerprint density at radius 3 is 2.88 bits per heavy atom. The molecule has 0 fully saturated rings. The molecule has 0 radical (unpaired) electrons. The second kappa shape index (κ2) is 3.93. The minimum atomic E-state index is -0.605. The molecule has 16 heavy (non-hydrogen) atoms. The van der Waals surface area contributed by atoms with Crippen LogP contribution in [0.1, 0.15) is 10.4 Å². The van der Waals surface area contributed by atoms with Crippen LogP contribution in [0.25, 0.3) is 10.9 Å². The molecule has 0 unspecified atom stereocenters. The molecule has 2 aromatic rings. The number of nitrogens with zero attached hydrogens (tertiary/aromatic N) is 1. The lowest BCUT2D eigenvalue weighted by atomic mass is 10.1. The van der Waals surface area contributed by atoms with Gasteiger partial charge in [0.1, 0.15) is 0 Å².